The average molecular weight is 372 g/mol. The molecule has 4 rings (SSSR count). The normalized spacial score (nSPS) is 17.1. The molecule has 1 saturated heterocycles. The number of likely N-dealkylation sites (tertiary alicyclic amines) is 1. The molecule has 3 aromatic rings. The van der Waals surface area contributed by atoms with Gasteiger partial charge in [0.15, 0.2) is 0 Å². The molecular formula is C19H15ClFN3O2. The van der Waals surface area contributed by atoms with Gasteiger partial charge in [-0.05, 0) is 30.2 Å². The van der Waals surface area contributed by atoms with E-state index in [0.717, 1.165) is 5.56 Å². The Morgan fingerprint density at radius 3 is 2.81 bits per heavy atom. The van der Waals surface area contributed by atoms with Gasteiger partial charge in [0.25, 0.3) is 0 Å². The van der Waals surface area contributed by atoms with E-state index in [9.17, 15) is 9.18 Å². The van der Waals surface area contributed by atoms with Crippen LogP contribution in [0, 0.1) is 5.82 Å². The largest absolute Gasteiger partial charge is 0.337 e. The quantitative estimate of drug-likeness (QED) is 0.682. The van der Waals surface area contributed by atoms with Crippen LogP contribution in [0.5, 0.6) is 0 Å². The lowest BCUT2D eigenvalue weighted by Crippen LogP contribution is -2.27. The van der Waals surface area contributed by atoms with Crippen LogP contribution < -0.4 is 0 Å². The van der Waals surface area contributed by atoms with Gasteiger partial charge in [0, 0.05) is 18.5 Å². The second-order valence-corrected chi connectivity index (χ2v) is 6.55. The molecule has 0 spiro atoms. The van der Waals surface area contributed by atoms with Crippen LogP contribution in [0.1, 0.15) is 30.3 Å². The molecule has 0 saturated carbocycles. The van der Waals surface area contributed by atoms with Crippen molar-refractivity contribution in [2.24, 2.45) is 0 Å². The molecule has 1 aliphatic heterocycles. The van der Waals surface area contributed by atoms with Crippen LogP contribution in [0.4, 0.5) is 4.39 Å². The first kappa shape index (κ1) is 16.7. The zero-order valence-corrected chi connectivity index (χ0v) is 14.5. The molecule has 1 fully saturated rings. The fourth-order valence-electron chi connectivity index (χ4n) is 3.09. The Bertz CT molecular complexity index is 945. The van der Waals surface area contributed by atoms with E-state index in [4.69, 9.17) is 16.1 Å². The summed E-state index contributed by atoms with van der Waals surface area (Å²) in [5.41, 5.74) is 1.60. The van der Waals surface area contributed by atoms with Crippen LogP contribution >= 0.6 is 11.6 Å². The third-order valence-electron chi connectivity index (χ3n) is 4.43. The molecule has 26 heavy (non-hydrogen) atoms. The molecule has 1 aliphatic rings. The van der Waals surface area contributed by atoms with Crippen LogP contribution in [-0.4, -0.2) is 20.9 Å². The standard InChI is InChI=1S/C19H15ClFN3O2/c20-14-10-13(6-7-15(14)21)18-22-19(26-23-18)16-8-9-17(25)24(16)11-12-4-2-1-3-5-12/h1-7,10,16H,8-9,11H2. The van der Waals surface area contributed by atoms with Crippen LogP contribution in [0.3, 0.4) is 0 Å². The molecule has 132 valence electrons. The number of carbonyl (C=O) groups excluding carboxylic acids is 1. The van der Waals surface area contributed by atoms with Crippen LogP contribution in [0.2, 0.25) is 5.02 Å². The van der Waals surface area contributed by atoms with Crippen molar-refractivity contribution < 1.29 is 13.7 Å². The van der Waals surface area contributed by atoms with Crippen molar-refractivity contribution in [3.63, 3.8) is 0 Å². The van der Waals surface area contributed by atoms with Gasteiger partial charge in [0.2, 0.25) is 17.6 Å². The van der Waals surface area contributed by atoms with Crippen molar-refractivity contribution in [1.29, 1.82) is 0 Å². The zero-order valence-electron chi connectivity index (χ0n) is 13.7. The summed E-state index contributed by atoms with van der Waals surface area (Å²) in [5, 5.41) is 3.96. The Balaban J connectivity index is 1.59. The van der Waals surface area contributed by atoms with E-state index in [-0.39, 0.29) is 17.0 Å². The fourth-order valence-corrected chi connectivity index (χ4v) is 3.27. The lowest BCUT2D eigenvalue weighted by atomic mass is 10.1. The summed E-state index contributed by atoms with van der Waals surface area (Å²) in [6, 6.07) is 13.7. The maximum absolute atomic E-state index is 13.3. The third-order valence-corrected chi connectivity index (χ3v) is 4.72. The summed E-state index contributed by atoms with van der Waals surface area (Å²) >= 11 is 5.82. The monoisotopic (exact) mass is 371 g/mol. The van der Waals surface area contributed by atoms with Crippen molar-refractivity contribution in [3.05, 3.63) is 70.8 Å². The molecule has 5 nitrogen and oxygen atoms in total. The number of halogens is 2. The summed E-state index contributed by atoms with van der Waals surface area (Å²) in [5.74, 6) is 0.251. The van der Waals surface area contributed by atoms with Crippen molar-refractivity contribution in [2.45, 2.75) is 25.4 Å². The topological polar surface area (TPSA) is 59.2 Å². The van der Waals surface area contributed by atoms with Crippen LogP contribution in [0.15, 0.2) is 53.1 Å². The Labute approximate surface area is 154 Å². The highest BCUT2D eigenvalue weighted by molar-refractivity contribution is 6.31. The molecule has 1 aromatic heterocycles. The van der Waals surface area contributed by atoms with E-state index in [1.54, 1.807) is 4.90 Å². The molecule has 0 radical (unpaired) electrons. The van der Waals surface area contributed by atoms with E-state index >= 15 is 0 Å². The lowest BCUT2D eigenvalue weighted by Gasteiger charge is -2.22. The summed E-state index contributed by atoms with van der Waals surface area (Å²) < 4.78 is 18.7. The highest BCUT2D eigenvalue weighted by atomic mass is 35.5. The molecule has 0 aliphatic carbocycles. The first-order valence-corrected chi connectivity index (χ1v) is 8.62. The predicted molar refractivity (Wildman–Crippen MR) is 93.7 cm³/mol. The van der Waals surface area contributed by atoms with E-state index in [1.165, 1.54) is 18.2 Å². The average Bonchev–Trinajstić information content (AvgIpc) is 3.26. The summed E-state index contributed by atoms with van der Waals surface area (Å²) in [6.45, 7) is 0.491. The summed E-state index contributed by atoms with van der Waals surface area (Å²) in [4.78, 5) is 18.5. The Morgan fingerprint density at radius 1 is 1.23 bits per heavy atom. The van der Waals surface area contributed by atoms with E-state index in [2.05, 4.69) is 10.1 Å². The van der Waals surface area contributed by atoms with Gasteiger partial charge < -0.3 is 9.42 Å². The highest BCUT2D eigenvalue weighted by Gasteiger charge is 2.36. The fraction of sp³-hybridized carbons (Fsp3) is 0.211. The molecule has 0 bridgehead atoms. The van der Waals surface area contributed by atoms with Crippen molar-refractivity contribution in [1.82, 2.24) is 15.0 Å². The van der Waals surface area contributed by atoms with Gasteiger partial charge in [-0.15, -0.1) is 0 Å². The molecule has 2 aromatic carbocycles. The van der Waals surface area contributed by atoms with Gasteiger partial charge in [0.1, 0.15) is 11.9 Å². The number of amides is 1. The highest BCUT2D eigenvalue weighted by Crippen LogP contribution is 2.34. The minimum Gasteiger partial charge on any atom is -0.337 e. The number of aromatic nitrogens is 2. The second kappa shape index (κ2) is 6.88. The number of rotatable bonds is 4. The summed E-state index contributed by atoms with van der Waals surface area (Å²) in [7, 11) is 0. The number of carbonyl (C=O) groups is 1. The maximum Gasteiger partial charge on any atom is 0.249 e. The minimum absolute atomic E-state index is 0.00408. The van der Waals surface area contributed by atoms with Gasteiger partial charge in [-0.3, -0.25) is 4.79 Å². The van der Waals surface area contributed by atoms with Gasteiger partial charge in [0.05, 0.1) is 5.02 Å². The number of hydrogen-bond donors (Lipinski definition) is 0. The molecule has 0 N–H and O–H groups in total. The number of benzene rings is 2. The first-order valence-electron chi connectivity index (χ1n) is 8.24. The van der Waals surface area contributed by atoms with E-state index in [0.29, 0.717) is 36.7 Å². The van der Waals surface area contributed by atoms with Gasteiger partial charge >= 0.3 is 0 Å². The molecule has 1 unspecified atom stereocenters. The molecular weight excluding hydrogens is 357 g/mol. The molecule has 1 amide bonds. The lowest BCUT2D eigenvalue weighted by molar-refractivity contribution is -0.129. The smallest absolute Gasteiger partial charge is 0.249 e. The SMILES string of the molecule is O=C1CCC(c2nc(-c3ccc(F)c(Cl)c3)no2)N1Cc1ccccc1. The zero-order chi connectivity index (χ0) is 18.1. The van der Waals surface area contributed by atoms with E-state index < -0.39 is 5.82 Å². The Kier molecular flexibility index (Phi) is 4.42. The molecule has 7 heteroatoms. The Morgan fingerprint density at radius 2 is 2.04 bits per heavy atom. The van der Waals surface area contributed by atoms with Crippen LogP contribution in [0.25, 0.3) is 11.4 Å². The Hall–Kier alpha value is -2.73. The van der Waals surface area contributed by atoms with Gasteiger partial charge in [-0.1, -0.05) is 47.1 Å². The maximum atomic E-state index is 13.3. The summed E-state index contributed by atoms with van der Waals surface area (Å²) in [6.07, 6.45) is 1.06. The number of nitrogens with zero attached hydrogens (tertiary/aromatic N) is 3. The predicted octanol–water partition coefficient (Wildman–Crippen LogP) is 4.39. The van der Waals surface area contributed by atoms with Crippen molar-refractivity contribution in [2.75, 3.05) is 0 Å². The van der Waals surface area contributed by atoms with Crippen LogP contribution in [-0.2, 0) is 11.3 Å². The minimum atomic E-state index is -0.505. The van der Waals surface area contributed by atoms with Gasteiger partial charge in [-0.2, -0.15) is 4.98 Å². The molecule has 1 atom stereocenters. The molecule has 2 heterocycles. The van der Waals surface area contributed by atoms with Crippen molar-refractivity contribution >= 4 is 17.5 Å². The van der Waals surface area contributed by atoms with E-state index in [1.807, 2.05) is 30.3 Å². The first-order chi connectivity index (χ1) is 12.6. The van der Waals surface area contributed by atoms with Gasteiger partial charge in [-0.25, -0.2) is 4.39 Å². The van der Waals surface area contributed by atoms with Crippen molar-refractivity contribution in [3.8, 4) is 11.4 Å². The number of hydrogen-bond acceptors (Lipinski definition) is 4. The third kappa shape index (κ3) is 3.20. The second-order valence-electron chi connectivity index (χ2n) is 6.15.